The number of carbonyl (C=O) groups excluding carboxylic acids is 2. The fourth-order valence-corrected chi connectivity index (χ4v) is 6.21. The Labute approximate surface area is 237 Å². The SMILES string of the molecule is CCC(C(=O)NC1CCCCC1)N(Cc1cccc(OC)c1)C(=O)CCCN(c1cccc(Cl)c1)S(C)(=O)=O. The van der Waals surface area contributed by atoms with Crippen molar-refractivity contribution in [2.75, 3.05) is 24.2 Å². The molecule has 1 aliphatic carbocycles. The fraction of sp³-hybridized carbons (Fsp3) is 0.517. The lowest BCUT2D eigenvalue weighted by Gasteiger charge is -2.33. The van der Waals surface area contributed by atoms with Crippen LogP contribution in [0.2, 0.25) is 5.02 Å². The van der Waals surface area contributed by atoms with Gasteiger partial charge in [0.05, 0.1) is 19.1 Å². The lowest BCUT2D eigenvalue weighted by Crippen LogP contribution is -2.51. The highest BCUT2D eigenvalue weighted by molar-refractivity contribution is 7.92. The van der Waals surface area contributed by atoms with E-state index in [1.54, 1.807) is 36.3 Å². The van der Waals surface area contributed by atoms with Crippen molar-refractivity contribution in [1.29, 1.82) is 0 Å². The minimum Gasteiger partial charge on any atom is -0.497 e. The lowest BCUT2D eigenvalue weighted by atomic mass is 9.95. The van der Waals surface area contributed by atoms with Crippen molar-refractivity contribution in [3.8, 4) is 5.75 Å². The summed E-state index contributed by atoms with van der Waals surface area (Å²) in [5.74, 6) is 0.324. The number of hydrogen-bond donors (Lipinski definition) is 1. The van der Waals surface area contributed by atoms with Crippen LogP contribution in [0.15, 0.2) is 48.5 Å². The molecule has 214 valence electrons. The molecule has 3 rings (SSSR count). The molecule has 10 heteroatoms. The number of hydrogen-bond acceptors (Lipinski definition) is 5. The van der Waals surface area contributed by atoms with Crippen LogP contribution >= 0.6 is 11.6 Å². The topological polar surface area (TPSA) is 96.0 Å². The monoisotopic (exact) mass is 577 g/mol. The van der Waals surface area contributed by atoms with Gasteiger partial charge in [-0.3, -0.25) is 13.9 Å². The summed E-state index contributed by atoms with van der Waals surface area (Å²) in [4.78, 5) is 28.7. The Bertz CT molecular complexity index is 1220. The Morgan fingerprint density at radius 2 is 1.82 bits per heavy atom. The van der Waals surface area contributed by atoms with E-state index in [0.29, 0.717) is 22.9 Å². The van der Waals surface area contributed by atoms with E-state index in [0.717, 1.165) is 37.5 Å². The van der Waals surface area contributed by atoms with E-state index in [1.807, 2.05) is 31.2 Å². The summed E-state index contributed by atoms with van der Waals surface area (Å²) >= 11 is 6.08. The van der Waals surface area contributed by atoms with Crippen molar-refractivity contribution in [2.45, 2.75) is 76.9 Å². The van der Waals surface area contributed by atoms with Gasteiger partial charge in [-0.1, -0.05) is 56.0 Å². The number of nitrogens with one attached hydrogen (secondary N) is 1. The van der Waals surface area contributed by atoms with Gasteiger partial charge in [0.2, 0.25) is 21.8 Å². The number of anilines is 1. The summed E-state index contributed by atoms with van der Waals surface area (Å²) in [7, 11) is -2.00. The number of benzene rings is 2. The van der Waals surface area contributed by atoms with Gasteiger partial charge in [0.15, 0.2) is 0 Å². The van der Waals surface area contributed by atoms with Crippen LogP contribution in [0.4, 0.5) is 5.69 Å². The Hall–Kier alpha value is -2.78. The van der Waals surface area contributed by atoms with Crippen LogP contribution in [0.25, 0.3) is 0 Å². The molecule has 1 saturated carbocycles. The van der Waals surface area contributed by atoms with Crippen LogP contribution in [0.5, 0.6) is 5.75 Å². The second-order valence-corrected chi connectivity index (χ2v) is 12.4. The van der Waals surface area contributed by atoms with E-state index in [2.05, 4.69) is 5.32 Å². The molecule has 0 radical (unpaired) electrons. The first-order chi connectivity index (χ1) is 18.6. The molecule has 1 N–H and O–H groups in total. The highest BCUT2D eigenvalue weighted by Crippen LogP contribution is 2.24. The van der Waals surface area contributed by atoms with Crippen LogP contribution in [-0.2, 0) is 26.2 Å². The van der Waals surface area contributed by atoms with Gasteiger partial charge in [0, 0.05) is 30.6 Å². The maximum atomic E-state index is 13.6. The smallest absolute Gasteiger partial charge is 0.243 e. The molecule has 2 aromatic rings. The molecule has 1 aliphatic rings. The first-order valence-electron chi connectivity index (χ1n) is 13.6. The van der Waals surface area contributed by atoms with Crippen LogP contribution < -0.4 is 14.4 Å². The third kappa shape index (κ3) is 9.14. The van der Waals surface area contributed by atoms with Gasteiger partial charge in [-0.25, -0.2) is 8.42 Å². The van der Waals surface area contributed by atoms with E-state index in [4.69, 9.17) is 16.3 Å². The van der Waals surface area contributed by atoms with E-state index >= 15 is 0 Å². The molecule has 2 aromatic carbocycles. The third-order valence-corrected chi connectivity index (χ3v) is 8.50. The fourth-order valence-electron chi connectivity index (χ4n) is 5.07. The molecule has 0 aromatic heterocycles. The number of halogens is 1. The number of amides is 2. The number of nitrogens with zero attached hydrogens (tertiary/aromatic N) is 2. The van der Waals surface area contributed by atoms with E-state index in [1.165, 1.54) is 10.7 Å². The summed E-state index contributed by atoms with van der Waals surface area (Å²) in [6, 6.07) is 13.6. The van der Waals surface area contributed by atoms with Crippen molar-refractivity contribution < 1.29 is 22.7 Å². The molecule has 2 amide bonds. The van der Waals surface area contributed by atoms with E-state index in [9.17, 15) is 18.0 Å². The average Bonchev–Trinajstić information content (AvgIpc) is 2.90. The molecule has 1 fully saturated rings. The highest BCUT2D eigenvalue weighted by Gasteiger charge is 2.30. The van der Waals surface area contributed by atoms with Gasteiger partial charge < -0.3 is 15.0 Å². The highest BCUT2D eigenvalue weighted by atomic mass is 35.5. The van der Waals surface area contributed by atoms with Gasteiger partial charge in [-0.15, -0.1) is 0 Å². The number of carbonyl (C=O) groups is 2. The second kappa shape index (κ2) is 14.6. The first-order valence-corrected chi connectivity index (χ1v) is 15.8. The molecule has 0 heterocycles. The minimum absolute atomic E-state index is 0.0871. The van der Waals surface area contributed by atoms with Crippen molar-refractivity contribution in [2.24, 2.45) is 0 Å². The standard InChI is InChI=1S/C29H40ClN3O5S/c1-4-27(29(35)31-24-13-6-5-7-14-24)32(21-22-11-8-16-26(19-22)38-2)28(34)17-10-18-33(39(3,36)37)25-15-9-12-23(30)20-25/h8-9,11-12,15-16,19-20,24,27H,4-7,10,13-14,17-18,21H2,1-3H3,(H,31,35). The Morgan fingerprint density at radius 3 is 2.46 bits per heavy atom. The zero-order valence-electron chi connectivity index (χ0n) is 23.1. The van der Waals surface area contributed by atoms with Gasteiger partial charge in [-0.05, 0) is 61.6 Å². The van der Waals surface area contributed by atoms with Crippen LogP contribution in [0.3, 0.4) is 0 Å². The molecular weight excluding hydrogens is 538 g/mol. The van der Waals surface area contributed by atoms with Crippen molar-refractivity contribution in [1.82, 2.24) is 10.2 Å². The van der Waals surface area contributed by atoms with Crippen LogP contribution in [0.1, 0.15) is 63.9 Å². The van der Waals surface area contributed by atoms with Gasteiger partial charge in [0.25, 0.3) is 0 Å². The maximum Gasteiger partial charge on any atom is 0.243 e. The van der Waals surface area contributed by atoms with E-state index in [-0.39, 0.29) is 43.8 Å². The average molecular weight is 578 g/mol. The largest absolute Gasteiger partial charge is 0.497 e. The lowest BCUT2D eigenvalue weighted by molar-refractivity contribution is -0.141. The molecule has 0 bridgehead atoms. The number of ether oxygens (including phenoxy) is 1. The summed E-state index contributed by atoms with van der Waals surface area (Å²) in [5.41, 5.74) is 1.30. The number of rotatable bonds is 13. The molecule has 39 heavy (non-hydrogen) atoms. The molecular formula is C29H40ClN3O5S. The summed E-state index contributed by atoms with van der Waals surface area (Å²) in [6.45, 7) is 2.27. The van der Waals surface area contributed by atoms with Crippen LogP contribution in [-0.4, -0.2) is 57.1 Å². The molecule has 0 aliphatic heterocycles. The summed E-state index contributed by atoms with van der Waals surface area (Å²) < 4.78 is 31.6. The van der Waals surface area contributed by atoms with Crippen molar-refractivity contribution in [3.63, 3.8) is 0 Å². The summed E-state index contributed by atoms with van der Waals surface area (Å²) in [6.07, 6.45) is 7.25. The Balaban J connectivity index is 1.77. The normalized spacial score (nSPS) is 14.9. The first kappa shape index (κ1) is 30.8. The molecule has 0 spiro atoms. The Kier molecular flexibility index (Phi) is 11.5. The van der Waals surface area contributed by atoms with Gasteiger partial charge >= 0.3 is 0 Å². The predicted octanol–water partition coefficient (Wildman–Crippen LogP) is 5.15. The molecule has 1 unspecified atom stereocenters. The van der Waals surface area contributed by atoms with Gasteiger partial charge in [0.1, 0.15) is 11.8 Å². The van der Waals surface area contributed by atoms with Crippen molar-refractivity contribution in [3.05, 3.63) is 59.1 Å². The third-order valence-electron chi connectivity index (χ3n) is 7.07. The quantitative estimate of drug-likeness (QED) is 0.355. The zero-order valence-corrected chi connectivity index (χ0v) is 24.6. The van der Waals surface area contributed by atoms with Gasteiger partial charge in [-0.2, -0.15) is 0 Å². The predicted molar refractivity (Wildman–Crippen MR) is 156 cm³/mol. The Morgan fingerprint density at radius 1 is 1.10 bits per heavy atom. The second-order valence-electron chi connectivity index (χ2n) is 10.1. The number of methoxy groups -OCH3 is 1. The minimum atomic E-state index is -3.59. The van der Waals surface area contributed by atoms with E-state index < -0.39 is 16.1 Å². The molecule has 1 atom stereocenters. The van der Waals surface area contributed by atoms with Crippen molar-refractivity contribution >= 4 is 39.1 Å². The zero-order chi connectivity index (χ0) is 28.4. The summed E-state index contributed by atoms with van der Waals surface area (Å²) in [5, 5.41) is 3.60. The maximum absolute atomic E-state index is 13.6. The molecule has 0 saturated heterocycles. The van der Waals surface area contributed by atoms with Crippen LogP contribution in [0, 0.1) is 0 Å². The number of sulfonamides is 1. The molecule has 8 nitrogen and oxygen atoms in total.